The molecule has 0 nitrogen and oxygen atoms in total. The van der Waals surface area contributed by atoms with Crippen molar-refractivity contribution in [1.82, 2.24) is 0 Å². The molecule has 2 aliphatic carbocycles. The summed E-state index contributed by atoms with van der Waals surface area (Å²) in [5.41, 5.74) is 18.1. The molecule has 0 aromatic heterocycles. The van der Waals surface area contributed by atoms with Crippen LogP contribution in [0, 0.1) is 5.92 Å². The van der Waals surface area contributed by atoms with E-state index in [9.17, 15) is 0 Å². The van der Waals surface area contributed by atoms with E-state index in [1.807, 2.05) is 0 Å². The van der Waals surface area contributed by atoms with Gasteiger partial charge in [-0.25, -0.2) is 0 Å². The summed E-state index contributed by atoms with van der Waals surface area (Å²) in [5, 5.41) is 0. The Morgan fingerprint density at radius 3 is 1.47 bits per heavy atom. The Hall–Kier alpha value is -1.96. The van der Waals surface area contributed by atoms with E-state index in [1.54, 1.807) is 22.3 Å². The summed E-state index contributed by atoms with van der Waals surface area (Å²) in [6, 6.07) is 33.2. The number of rotatable bonds is 8. The van der Waals surface area contributed by atoms with Crippen molar-refractivity contribution in [3.63, 3.8) is 0 Å². The molecule has 4 aromatic rings. The molecule has 4 aromatic carbocycles. The number of fused-ring (bicyclic) bond motifs is 2. The Bertz CT molecular complexity index is 2010. The van der Waals surface area contributed by atoms with Crippen molar-refractivity contribution >= 4 is 43.8 Å². The Morgan fingerprint density at radius 2 is 1.06 bits per heavy atom. The number of benzene rings is 4. The molecule has 0 aliphatic heterocycles. The minimum atomic E-state index is -3.75. The fourth-order valence-electron chi connectivity index (χ4n) is 9.37. The molecule has 0 radical (unpaired) electrons. The van der Waals surface area contributed by atoms with Crippen LogP contribution in [-0.2, 0) is 28.2 Å². The van der Waals surface area contributed by atoms with Gasteiger partial charge in [0.1, 0.15) is 0 Å². The average molecular weight is 817 g/mol. The van der Waals surface area contributed by atoms with Gasteiger partial charge in [0.2, 0.25) is 0 Å². The minimum Gasteiger partial charge on any atom is -0.147 e. The Morgan fingerprint density at radius 1 is 0.627 bits per heavy atom. The van der Waals surface area contributed by atoms with Crippen LogP contribution in [0.3, 0.4) is 0 Å². The van der Waals surface area contributed by atoms with E-state index in [0.717, 1.165) is 6.42 Å². The van der Waals surface area contributed by atoms with Crippen LogP contribution in [0.15, 0.2) is 96.1 Å². The largest absolute Gasteiger partial charge is 0.147 e. The van der Waals surface area contributed by atoms with E-state index in [2.05, 4.69) is 176 Å². The first-order valence-corrected chi connectivity index (χ1v) is 32.6. The second kappa shape index (κ2) is 15.1. The normalized spacial score (nSPS) is 17.8. The average Bonchev–Trinajstić information content (AvgIpc) is 3.65. The molecule has 272 valence electrons. The molecule has 0 fully saturated rings. The molecule has 0 bridgehead atoms. The third kappa shape index (κ3) is 7.69. The molecular weight excluding hydrogens is 755 g/mol. The number of halogens is 2. The molecule has 0 heterocycles. The molecule has 6 rings (SSSR count). The van der Waals surface area contributed by atoms with Crippen molar-refractivity contribution in [2.24, 2.45) is 5.92 Å². The maximum atomic E-state index is 2.81. The zero-order valence-electron chi connectivity index (χ0n) is 33.1. The predicted molar refractivity (Wildman–Crippen MR) is 232 cm³/mol. The minimum absolute atomic E-state index is 0. The molecule has 0 saturated carbocycles. The predicted octanol–water partition coefficient (Wildman–Crippen LogP) is 14.2. The molecule has 0 saturated heterocycles. The van der Waals surface area contributed by atoms with Crippen molar-refractivity contribution in [1.29, 1.82) is 0 Å². The van der Waals surface area contributed by atoms with Gasteiger partial charge in [0.25, 0.3) is 0 Å². The van der Waals surface area contributed by atoms with Gasteiger partial charge < -0.3 is 0 Å². The number of allylic oxidation sites excluding steroid dienone is 2. The summed E-state index contributed by atoms with van der Waals surface area (Å²) in [6.07, 6.45) is 8.85. The molecule has 4 heteroatoms. The van der Waals surface area contributed by atoms with Crippen LogP contribution in [0.1, 0.15) is 122 Å². The topological polar surface area (TPSA) is 0 Å². The first kappa shape index (κ1) is 41.8. The number of hydrogen-bond donors (Lipinski definition) is 0. The smallest absolute Gasteiger partial charge is 0.147 e. The maximum Gasteiger partial charge on any atom is -0.147 e. The van der Waals surface area contributed by atoms with Gasteiger partial charge in [-0.05, 0) is 0 Å². The van der Waals surface area contributed by atoms with E-state index >= 15 is 0 Å². The van der Waals surface area contributed by atoms with Crippen LogP contribution in [0.4, 0.5) is 0 Å². The molecule has 0 spiro atoms. The summed E-state index contributed by atoms with van der Waals surface area (Å²) in [7, 11) is 0. The van der Waals surface area contributed by atoms with Crippen LogP contribution in [0.2, 0.25) is 9.26 Å². The van der Waals surface area contributed by atoms with Gasteiger partial charge in [-0.3, -0.25) is 0 Å². The van der Waals surface area contributed by atoms with Gasteiger partial charge in [-0.15, -0.1) is 24.8 Å². The molecule has 3 atom stereocenters. The van der Waals surface area contributed by atoms with Crippen molar-refractivity contribution in [2.75, 3.05) is 0 Å². The zero-order valence-corrected chi connectivity index (χ0v) is 38.6. The molecule has 51 heavy (non-hydrogen) atoms. The van der Waals surface area contributed by atoms with Gasteiger partial charge in [0.15, 0.2) is 0 Å². The molecule has 2 aliphatic rings. The van der Waals surface area contributed by atoms with Gasteiger partial charge >= 0.3 is 303 Å². The van der Waals surface area contributed by atoms with Crippen molar-refractivity contribution < 1.29 is 17.4 Å². The van der Waals surface area contributed by atoms with Crippen LogP contribution < -0.4 is 0 Å². The van der Waals surface area contributed by atoms with Crippen molar-refractivity contribution in [3.05, 3.63) is 129 Å². The van der Waals surface area contributed by atoms with Crippen LogP contribution >= 0.6 is 24.8 Å². The van der Waals surface area contributed by atoms with E-state index in [-0.39, 0.29) is 35.6 Å². The fourth-order valence-corrected chi connectivity index (χ4v) is 29.3. The van der Waals surface area contributed by atoms with Gasteiger partial charge in [-0.2, -0.15) is 0 Å². The first-order chi connectivity index (χ1) is 22.9. The summed E-state index contributed by atoms with van der Waals surface area (Å²) in [5.74, 6) is 0.568. The zero-order chi connectivity index (χ0) is 35.5. The quantitative estimate of drug-likeness (QED) is 0.155. The van der Waals surface area contributed by atoms with E-state index in [0.29, 0.717) is 13.2 Å². The second-order valence-corrected chi connectivity index (χ2v) is 49.0. The van der Waals surface area contributed by atoms with Crippen molar-refractivity contribution in [2.45, 2.75) is 109 Å². The first-order valence-electron chi connectivity index (χ1n) is 18.9. The molecular formula is C47H62Cl2SiZr. The monoisotopic (exact) mass is 814 g/mol. The van der Waals surface area contributed by atoms with Crippen LogP contribution in [0.25, 0.3) is 34.4 Å². The fraction of sp³-hybridized carbons (Fsp3) is 0.404. The third-order valence-corrected chi connectivity index (χ3v) is 29.4. The third-order valence-electron chi connectivity index (χ3n) is 12.0. The Labute approximate surface area is 325 Å². The van der Waals surface area contributed by atoms with E-state index in [4.69, 9.17) is 0 Å². The maximum absolute atomic E-state index is 3.75. The summed E-state index contributed by atoms with van der Waals surface area (Å²) >= 11 is -3.75. The molecule has 0 amide bonds. The summed E-state index contributed by atoms with van der Waals surface area (Å²) in [6.45, 7) is 23.6. The Kier molecular flexibility index (Phi) is 12.3. The van der Waals surface area contributed by atoms with Gasteiger partial charge in [-0.1, -0.05) is 0 Å². The SMILES string of the molecule is CCCC(C)C1=Cc2c(-c3ccc(C(C)(C)C)cc3)cccc2[CH]1[Zr]([CH3])([CH3])(=[SiH2])[CH]1C(CC)=Cc2c(-c3ccc(C(C)(C)C)cc3)cccc21.Cl.Cl. The van der Waals surface area contributed by atoms with Crippen molar-refractivity contribution in [3.8, 4) is 22.3 Å². The van der Waals surface area contributed by atoms with Crippen LogP contribution in [0.5, 0.6) is 0 Å². The van der Waals surface area contributed by atoms with Gasteiger partial charge in [0, 0.05) is 0 Å². The standard InChI is InChI=1S/C24H29.C21H23.2CH3.2ClH.H2Si.Zr/c1-6-8-17(2)20-15-19-9-7-10-22(23(19)16-20)18-11-13-21(14-12-18)24(3,4)5;1-5-15-13-17-7-6-8-19(20(17)14-15)16-9-11-18(12-10-16)21(2,3)4;;;;;;/h7,9-17H,6,8H2,1-5H3;6-14H,5H2,1-4H3;2*1H3;2*1H;1H2;. The van der Waals surface area contributed by atoms with Crippen LogP contribution in [-0.4, -0.2) is 6.88 Å². The van der Waals surface area contributed by atoms with Gasteiger partial charge in [0.05, 0.1) is 0 Å². The molecule has 0 N–H and O–H groups in total. The van der Waals surface area contributed by atoms with E-state index < -0.39 is 17.4 Å². The van der Waals surface area contributed by atoms with E-state index in [1.165, 1.54) is 57.3 Å². The number of hydrogen-bond acceptors (Lipinski definition) is 0. The Balaban J connectivity index is 0.00000292. The summed E-state index contributed by atoms with van der Waals surface area (Å²) < 4.78 is 6.66. The second-order valence-electron chi connectivity index (χ2n) is 18.5. The summed E-state index contributed by atoms with van der Waals surface area (Å²) in [4.78, 5) is 0. The molecule has 3 unspecified atom stereocenters.